The molecule has 1 unspecified atom stereocenters. The average molecular weight is 368 g/mol. The molecule has 3 rings (SSSR count). The maximum absolute atomic E-state index is 14.5. The topological polar surface area (TPSA) is 52.4 Å². The lowest BCUT2D eigenvalue weighted by Gasteiger charge is -2.32. The second-order valence-corrected chi connectivity index (χ2v) is 8.00. The minimum atomic E-state index is -1.04. The predicted molar refractivity (Wildman–Crippen MR) is 95.8 cm³/mol. The van der Waals surface area contributed by atoms with Gasteiger partial charge in [0.2, 0.25) is 0 Å². The third kappa shape index (κ3) is 3.99. The van der Waals surface area contributed by atoms with Gasteiger partial charge in [0.05, 0.1) is 23.9 Å². The molecule has 26 heavy (non-hydrogen) atoms. The van der Waals surface area contributed by atoms with E-state index in [0.717, 1.165) is 19.4 Å². The van der Waals surface area contributed by atoms with Crippen molar-refractivity contribution < 1.29 is 18.1 Å². The molecule has 0 saturated carbocycles. The van der Waals surface area contributed by atoms with Gasteiger partial charge in [0.1, 0.15) is 18.1 Å². The SMILES string of the molecule is CC1(C)OB(C(F)=Cc2cn(CC3CCCN3CCF)nn2)OC1(C)C. The van der Waals surface area contributed by atoms with Gasteiger partial charge in [0.15, 0.2) is 0 Å². The van der Waals surface area contributed by atoms with Gasteiger partial charge >= 0.3 is 7.12 Å². The van der Waals surface area contributed by atoms with Crippen molar-refractivity contribution in [3.63, 3.8) is 0 Å². The van der Waals surface area contributed by atoms with Gasteiger partial charge in [-0.1, -0.05) is 5.21 Å². The van der Waals surface area contributed by atoms with Gasteiger partial charge in [-0.2, -0.15) is 0 Å². The van der Waals surface area contributed by atoms with Crippen LogP contribution in [0, 0.1) is 0 Å². The molecule has 0 spiro atoms. The molecule has 9 heteroatoms. The first-order valence-corrected chi connectivity index (χ1v) is 9.15. The molecule has 0 radical (unpaired) electrons. The molecule has 0 aliphatic carbocycles. The highest BCUT2D eigenvalue weighted by Gasteiger charge is 2.53. The maximum atomic E-state index is 14.5. The van der Waals surface area contributed by atoms with Crippen molar-refractivity contribution in [1.29, 1.82) is 0 Å². The highest BCUT2D eigenvalue weighted by Crippen LogP contribution is 2.38. The Bertz CT molecular complexity index is 649. The van der Waals surface area contributed by atoms with Crippen LogP contribution in [0.2, 0.25) is 0 Å². The van der Waals surface area contributed by atoms with E-state index >= 15 is 0 Å². The quantitative estimate of drug-likeness (QED) is 0.723. The number of hydrogen-bond donors (Lipinski definition) is 0. The second-order valence-electron chi connectivity index (χ2n) is 8.00. The van der Waals surface area contributed by atoms with E-state index in [1.807, 2.05) is 27.7 Å². The summed E-state index contributed by atoms with van der Waals surface area (Å²) in [7, 11) is -1.04. The van der Waals surface area contributed by atoms with Crippen LogP contribution in [0.4, 0.5) is 8.78 Å². The zero-order valence-corrected chi connectivity index (χ0v) is 15.9. The van der Waals surface area contributed by atoms with Crippen molar-refractivity contribution in [3.8, 4) is 0 Å². The first kappa shape index (κ1) is 19.4. The summed E-state index contributed by atoms with van der Waals surface area (Å²) < 4.78 is 40.2. The molecule has 2 saturated heterocycles. The van der Waals surface area contributed by atoms with Crippen LogP contribution in [-0.2, 0) is 15.9 Å². The van der Waals surface area contributed by atoms with Crippen LogP contribution < -0.4 is 0 Å². The molecule has 1 aromatic heterocycles. The lowest BCUT2D eigenvalue weighted by molar-refractivity contribution is 0.00578. The third-order valence-electron chi connectivity index (χ3n) is 5.59. The Morgan fingerprint density at radius 1 is 1.35 bits per heavy atom. The summed E-state index contributed by atoms with van der Waals surface area (Å²) in [5.74, 6) is 0. The minimum Gasteiger partial charge on any atom is -0.398 e. The Hall–Kier alpha value is -1.32. The van der Waals surface area contributed by atoms with E-state index in [2.05, 4.69) is 15.2 Å². The molecule has 2 aliphatic rings. The van der Waals surface area contributed by atoms with Gasteiger partial charge in [0.25, 0.3) is 0 Å². The fraction of sp³-hybridized carbons (Fsp3) is 0.765. The van der Waals surface area contributed by atoms with Crippen LogP contribution in [0.15, 0.2) is 11.9 Å². The fourth-order valence-electron chi connectivity index (χ4n) is 3.35. The minimum absolute atomic E-state index is 0.247. The summed E-state index contributed by atoms with van der Waals surface area (Å²) in [6.45, 7) is 9.14. The molecule has 0 amide bonds. The Morgan fingerprint density at radius 2 is 2.04 bits per heavy atom. The highest BCUT2D eigenvalue weighted by molar-refractivity contribution is 6.54. The molecule has 0 N–H and O–H groups in total. The lowest BCUT2D eigenvalue weighted by Crippen LogP contribution is -2.41. The maximum Gasteiger partial charge on any atom is 0.525 e. The first-order valence-electron chi connectivity index (χ1n) is 9.15. The summed E-state index contributed by atoms with van der Waals surface area (Å²) in [6, 6.07) is 0.247. The van der Waals surface area contributed by atoms with Crippen molar-refractivity contribution >= 4 is 13.2 Å². The van der Waals surface area contributed by atoms with Crippen molar-refractivity contribution in [2.24, 2.45) is 0 Å². The Labute approximate surface area is 153 Å². The largest absolute Gasteiger partial charge is 0.525 e. The molecule has 2 aliphatic heterocycles. The average Bonchev–Trinajstić information content (AvgIpc) is 3.21. The van der Waals surface area contributed by atoms with Gasteiger partial charge in [-0.3, -0.25) is 9.58 Å². The van der Waals surface area contributed by atoms with Gasteiger partial charge in [-0.25, -0.2) is 8.78 Å². The molecule has 144 valence electrons. The van der Waals surface area contributed by atoms with Crippen molar-refractivity contribution in [2.45, 2.75) is 64.3 Å². The summed E-state index contributed by atoms with van der Waals surface area (Å²) >= 11 is 0. The van der Waals surface area contributed by atoms with Gasteiger partial charge in [-0.15, -0.1) is 5.10 Å². The molecule has 0 bridgehead atoms. The molecule has 0 aromatic carbocycles. The molecular weight excluding hydrogens is 341 g/mol. The predicted octanol–water partition coefficient (Wildman–Crippen LogP) is 2.65. The standard InChI is InChI=1S/C17H27BF2N4O2/c1-16(2)17(3,4)26-18(25-16)15(20)10-13-11-24(22-21-13)12-14-6-5-8-23(14)9-7-19/h10-11,14H,5-9,12H2,1-4H3. The van der Waals surface area contributed by atoms with Crippen LogP contribution in [0.1, 0.15) is 46.2 Å². The number of aromatic nitrogens is 3. The van der Waals surface area contributed by atoms with Crippen molar-refractivity contribution in [2.75, 3.05) is 19.8 Å². The van der Waals surface area contributed by atoms with Crippen LogP contribution >= 0.6 is 0 Å². The van der Waals surface area contributed by atoms with Gasteiger partial charge < -0.3 is 9.31 Å². The van der Waals surface area contributed by atoms with Crippen LogP contribution in [0.3, 0.4) is 0 Å². The number of alkyl halides is 1. The van der Waals surface area contributed by atoms with Gasteiger partial charge in [-0.05, 0) is 53.2 Å². The monoisotopic (exact) mass is 368 g/mol. The summed E-state index contributed by atoms with van der Waals surface area (Å²) in [5, 5.41) is 8.07. The molecular formula is C17H27BF2N4O2. The molecule has 2 fully saturated rings. The highest BCUT2D eigenvalue weighted by atomic mass is 19.1. The van der Waals surface area contributed by atoms with Crippen LogP contribution in [0.25, 0.3) is 6.08 Å². The van der Waals surface area contributed by atoms with Crippen LogP contribution in [0.5, 0.6) is 0 Å². The number of hydrogen-bond acceptors (Lipinski definition) is 5. The molecule has 1 atom stereocenters. The fourth-order valence-corrected chi connectivity index (χ4v) is 3.35. The number of nitrogens with zero attached hydrogens (tertiary/aromatic N) is 4. The Morgan fingerprint density at radius 3 is 2.69 bits per heavy atom. The zero-order chi connectivity index (χ0) is 18.9. The van der Waals surface area contributed by atoms with Gasteiger partial charge in [0, 0.05) is 12.6 Å². The van der Waals surface area contributed by atoms with E-state index in [0.29, 0.717) is 18.8 Å². The first-order chi connectivity index (χ1) is 12.2. The Balaban J connectivity index is 1.64. The molecule has 3 heterocycles. The third-order valence-corrected chi connectivity index (χ3v) is 5.59. The van der Waals surface area contributed by atoms with E-state index in [1.165, 1.54) is 6.08 Å². The van der Waals surface area contributed by atoms with Crippen molar-refractivity contribution in [3.05, 3.63) is 17.6 Å². The summed E-state index contributed by atoms with van der Waals surface area (Å²) in [4.78, 5) is 2.13. The van der Waals surface area contributed by atoms with E-state index in [9.17, 15) is 8.78 Å². The zero-order valence-electron chi connectivity index (χ0n) is 15.9. The van der Waals surface area contributed by atoms with E-state index < -0.39 is 24.0 Å². The van der Waals surface area contributed by atoms with Crippen molar-refractivity contribution in [1.82, 2.24) is 19.9 Å². The number of halogens is 2. The summed E-state index contributed by atoms with van der Waals surface area (Å²) in [6.07, 6.45) is 5.05. The van der Waals surface area contributed by atoms with Crippen LogP contribution in [-0.4, -0.2) is 64.0 Å². The number of likely N-dealkylation sites (tertiary alicyclic amines) is 1. The smallest absolute Gasteiger partial charge is 0.398 e. The van der Waals surface area contributed by atoms with E-state index in [-0.39, 0.29) is 12.7 Å². The van der Waals surface area contributed by atoms with E-state index in [4.69, 9.17) is 9.31 Å². The molecule has 6 nitrogen and oxygen atoms in total. The normalized spacial score (nSPS) is 26.0. The lowest BCUT2D eigenvalue weighted by atomic mass is 9.87. The summed E-state index contributed by atoms with van der Waals surface area (Å²) in [5.41, 5.74) is -1.31. The molecule has 1 aromatic rings. The second kappa shape index (κ2) is 7.36. The van der Waals surface area contributed by atoms with E-state index in [1.54, 1.807) is 10.9 Å². The number of rotatable bonds is 6. The Kier molecular flexibility index (Phi) is 5.51.